The molecule has 13 heavy (non-hydrogen) atoms. The van der Waals surface area contributed by atoms with Crippen molar-refractivity contribution in [3.63, 3.8) is 0 Å². The van der Waals surface area contributed by atoms with Crippen molar-refractivity contribution in [2.75, 3.05) is 13.6 Å². The van der Waals surface area contributed by atoms with E-state index in [1.807, 2.05) is 6.92 Å². The van der Waals surface area contributed by atoms with Crippen molar-refractivity contribution < 1.29 is 0 Å². The minimum Gasteiger partial charge on any atom is -0.293 e. The van der Waals surface area contributed by atoms with E-state index in [0.29, 0.717) is 6.04 Å². The molecule has 0 aliphatic rings. The average molecular weight is 181 g/mol. The lowest BCUT2D eigenvalue weighted by molar-refractivity contribution is 0.260. The highest BCUT2D eigenvalue weighted by atomic mass is 15.1. The quantitative estimate of drug-likeness (QED) is 0.589. The van der Waals surface area contributed by atoms with Gasteiger partial charge in [0.25, 0.3) is 0 Å². The Labute approximate surface area is 83.5 Å². The van der Waals surface area contributed by atoms with Crippen molar-refractivity contribution in [1.82, 2.24) is 4.90 Å². The van der Waals surface area contributed by atoms with Gasteiger partial charge in [0.2, 0.25) is 0 Å². The molecule has 0 saturated carbocycles. The lowest BCUT2D eigenvalue weighted by Gasteiger charge is -2.24. The predicted octanol–water partition coefficient (Wildman–Crippen LogP) is 2.77. The zero-order chi connectivity index (χ0) is 10.3. The highest BCUT2D eigenvalue weighted by Crippen LogP contribution is 2.09. The van der Waals surface area contributed by atoms with E-state index in [-0.39, 0.29) is 0 Å². The van der Waals surface area contributed by atoms with Crippen molar-refractivity contribution in [1.29, 1.82) is 0 Å². The summed E-state index contributed by atoms with van der Waals surface area (Å²) >= 11 is 0. The van der Waals surface area contributed by atoms with Crippen LogP contribution in [0.2, 0.25) is 0 Å². The largest absolute Gasteiger partial charge is 0.293 e. The van der Waals surface area contributed by atoms with Crippen molar-refractivity contribution in [3.05, 3.63) is 0 Å². The van der Waals surface area contributed by atoms with E-state index in [1.54, 1.807) is 0 Å². The van der Waals surface area contributed by atoms with E-state index < -0.39 is 0 Å². The Balaban J connectivity index is 4.12. The summed E-state index contributed by atoms with van der Waals surface area (Å²) in [5.74, 6) is 7.02. The highest BCUT2D eigenvalue weighted by molar-refractivity contribution is 5.05. The van der Waals surface area contributed by atoms with Crippen LogP contribution in [0.4, 0.5) is 0 Å². The van der Waals surface area contributed by atoms with Crippen LogP contribution in [-0.2, 0) is 0 Å². The molecular weight excluding hydrogens is 158 g/mol. The molecule has 1 nitrogen and oxygen atoms in total. The van der Waals surface area contributed by atoms with E-state index in [2.05, 4.69) is 44.6 Å². The van der Waals surface area contributed by atoms with Crippen molar-refractivity contribution in [3.8, 4) is 11.8 Å². The van der Waals surface area contributed by atoms with Crippen LogP contribution in [0.25, 0.3) is 0 Å². The monoisotopic (exact) mass is 181 g/mol. The smallest absolute Gasteiger partial charge is 0.0714 e. The van der Waals surface area contributed by atoms with E-state index in [4.69, 9.17) is 0 Å². The zero-order valence-electron chi connectivity index (χ0n) is 9.72. The third-order valence-corrected chi connectivity index (χ3v) is 2.11. The Bertz CT molecular complexity index is 173. The fraction of sp³-hybridized carbons (Fsp3) is 0.833. The Kier molecular flexibility index (Phi) is 6.72. The topological polar surface area (TPSA) is 3.24 Å². The summed E-state index contributed by atoms with van der Waals surface area (Å²) in [6, 6.07) is 0.449. The normalized spacial score (nSPS) is 12.8. The van der Waals surface area contributed by atoms with E-state index in [0.717, 1.165) is 12.5 Å². The molecule has 0 saturated heterocycles. The molecule has 0 aromatic rings. The van der Waals surface area contributed by atoms with Crippen molar-refractivity contribution in [2.24, 2.45) is 5.92 Å². The average Bonchev–Trinajstić information content (AvgIpc) is 2.03. The van der Waals surface area contributed by atoms with Crippen molar-refractivity contribution in [2.45, 2.75) is 46.6 Å². The number of rotatable bonds is 5. The summed E-state index contributed by atoms with van der Waals surface area (Å²) in [5.41, 5.74) is 0. The van der Waals surface area contributed by atoms with Crippen LogP contribution in [0.1, 0.15) is 40.5 Å². The van der Waals surface area contributed by atoms with Crippen molar-refractivity contribution >= 4 is 0 Å². The number of hydrogen-bond donors (Lipinski definition) is 0. The summed E-state index contributed by atoms with van der Waals surface area (Å²) in [6.07, 6.45) is 2.38. The van der Waals surface area contributed by atoms with Gasteiger partial charge >= 0.3 is 0 Å². The molecule has 0 radical (unpaired) electrons. The standard InChI is InChI=1S/C12H23N/c1-6-8-12(10-11(3)4)13(5)9-7-2/h11-12H,7,9-10H2,1-5H3. The molecule has 1 unspecified atom stereocenters. The van der Waals surface area contributed by atoms with Gasteiger partial charge in [-0.25, -0.2) is 0 Å². The first-order chi connectivity index (χ1) is 6.11. The molecule has 0 aromatic heterocycles. The molecule has 0 aliphatic heterocycles. The lowest BCUT2D eigenvalue weighted by atomic mass is 10.0. The Morgan fingerprint density at radius 1 is 1.31 bits per heavy atom. The fourth-order valence-corrected chi connectivity index (χ4v) is 1.47. The second-order valence-corrected chi connectivity index (χ2v) is 4.02. The first-order valence-corrected chi connectivity index (χ1v) is 5.24. The van der Waals surface area contributed by atoms with Crippen LogP contribution in [0.15, 0.2) is 0 Å². The molecule has 0 bridgehead atoms. The molecule has 0 amide bonds. The third kappa shape index (κ3) is 5.71. The van der Waals surface area contributed by atoms with Crippen LogP contribution in [0.3, 0.4) is 0 Å². The summed E-state index contributed by atoms with van der Waals surface area (Å²) in [6.45, 7) is 9.79. The van der Waals surface area contributed by atoms with E-state index >= 15 is 0 Å². The highest BCUT2D eigenvalue weighted by Gasteiger charge is 2.12. The minimum atomic E-state index is 0.449. The lowest BCUT2D eigenvalue weighted by Crippen LogP contribution is -2.32. The molecule has 0 aromatic carbocycles. The Morgan fingerprint density at radius 3 is 2.31 bits per heavy atom. The summed E-state index contributed by atoms with van der Waals surface area (Å²) in [7, 11) is 2.17. The number of hydrogen-bond acceptors (Lipinski definition) is 1. The first-order valence-electron chi connectivity index (χ1n) is 5.24. The van der Waals surface area contributed by atoms with Gasteiger partial charge in [-0.15, -0.1) is 5.92 Å². The van der Waals surface area contributed by atoms with E-state index in [1.165, 1.54) is 12.8 Å². The van der Waals surface area contributed by atoms with Gasteiger partial charge in [0.15, 0.2) is 0 Å². The van der Waals surface area contributed by atoms with Gasteiger partial charge in [-0.1, -0.05) is 26.7 Å². The van der Waals surface area contributed by atoms with Crippen LogP contribution in [0.5, 0.6) is 0 Å². The van der Waals surface area contributed by atoms with Crippen LogP contribution >= 0.6 is 0 Å². The van der Waals surface area contributed by atoms with Crippen LogP contribution in [0, 0.1) is 17.8 Å². The molecule has 0 fully saturated rings. The molecular formula is C12H23N. The first kappa shape index (κ1) is 12.5. The Morgan fingerprint density at radius 2 is 1.92 bits per heavy atom. The maximum Gasteiger partial charge on any atom is 0.0714 e. The maximum absolute atomic E-state index is 3.27. The third-order valence-electron chi connectivity index (χ3n) is 2.11. The van der Waals surface area contributed by atoms with Crippen LogP contribution < -0.4 is 0 Å². The van der Waals surface area contributed by atoms with Gasteiger partial charge < -0.3 is 0 Å². The van der Waals surface area contributed by atoms with Gasteiger partial charge in [-0.3, -0.25) is 4.90 Å². The maximum atomic E-state index is 3.27. The molecule has 0 heterocycles. The fourth-order valence-electron chi connectivity index (χ4n) is 1.47. The zero-order valence-corrected chi connectivity index (χ0v) is 9.72. The predicted molar refractivity (Wildman–Crippen MR) is 59.6 cm³/mol. The minimum absolute atomic E-state index is 0.449. The summed E-state index contributed by atoms with van der Waals surface area (Å²) in [5, 5.41) is 0. The molecule has 1 heteroatoms. The number of nitrogens with zero attached hydrogens (tertiary/aromatic N) is 1. The molecule has 0 spiro atoms. The molecule has 0 aliphatic carbocycles. The van der Waals surface area contributed by atoms with Gasteiger partial charge in [0.1, 0.15) is 0 Å². The van der Waals surface area contributed by atoms with Gasteiger partial charge in [-0.05, 0) is 39.3 Å². The van der Waals surface area contributed by atoms with Gasteiger partial charge in [-0.2, -0.15) is 0 Å². The molecule has 0 N–H and O–H groups in total. The second kappa shape index (κ2) is 6.97. The van der Waals surface area contributed by atoms with Gasteiger partial charge in [0, 0.05) is 0 Å². The SMILES string of the molecule is CC#CC(CC(C)C)N(C)CCC. The summed E-state index contributed by atoms with van der Waals surface area (Å²) < 4.78 is 0. The Hall–Kier alpha value is -0.480. The molecule has 1 atom stereocenters. The molecule has 0 rings (SSSR count). The van der Waals surface area contributed by atoms with Gasteiger partial charge in [0.05, 0.1) is 6.04 Å². The van der Waals surface area contributed by atoms with Crippen LogP contribution in [-0.4, -0.2) is 24.5 Å². The molecule has 76 valence electrons. The summed E-state index contributed by atoms with van der Waals surface area (Å²) in [4.78, 5) is 2.36. The second-order valence-electron chi connectivity index (χ2n) is 4.02. The van der Waals surface area contributed by atoms with E-state index in [9.17, 15) is 0 Å².